The number of nitro benzene ring substituents is 1. The number of imide groups is 2. The molecule has 276 valence electrons. The quantitative estimate of drug-likeness (QED) is 0.0659. The lowest BCUT2D eigenvalue weighted by molar-refractivity contribution is -0.384. The molecule has 0 aromatic heterocycles. The lowest BCUT2D eigenvalue weighted by Crippen LogP contribution is -2.54. The van der Waals surface area contributed by atoms with E-state index in [1.807, 2.05) is 55.5 Å². The minimum atomic E-state index is -0.805. The zero-order chi connectivity index (χ0) is 38.1. The molecule has 0 aliphatic carbocycles. The number of ether oxygens (including phenoxy) is 2. The summed E-state index contributed by atoms with van der Waals surface area (Å²) in [5.74, 6) is -0.619. The van der Waals surface area contributed by atoms with E-state index in [0.717, 1.165) is 53.2 Å². The van der Waals surface area contributed by atoms with Crippen molar-refractivity contribution in [2.75, 3.05) is 29.5 Å². The zero-order valence-electron chi connectivity index (χ0n) is 30.1. The number of amides is 4. The summed E-state index contributed by atoms with van der Waals surface area (Å²) >= 11 is 0. The number of nitrogens with zero attached hydrogens (tertiary/aromatic N) is 3. The van der Waals surface area contributed by atoms with Gasteiger partial charge in [0.15, 0.2) is 11.5 Å². The number of benzene rings is 5. The number of carbonyl (C=O) groups is 3. The first-order chi connectivity index (χ1) is 26.8. The van der Waals surface area contributed by atoms with E-state index in [1.165, 1.54) is 29.3 Å². The molecule has 1 fully saturated rings. The summed E-state index contributed by atoms with van der Waals surface area (Å²) < 4.78 is 11.8. The first kappa shape index (κ1) is 35.3. The standard InChI is InChI=1S/C44H38N4O7/c1-2-54-40-24-29(15-18-39(40)55-27-28-13-16-32(17-14-28)48(52)53)23-38-42(49)45-44(51)47(43(38)50)33-25-36-34(30-9-5-3-6-10-30)19-21-46-22-20-35(37(26-33)41(36)46)31-11-7-4-8-12-31/h3-18,23-26,34-35H,2,19-22,27H2,1H3,(H,45,49,51)/b38-23+/t34-,35-/m0/s1. The Bertz CT molecular complexity index is 2250. The van der Waals surface area contributed by atoms with Crippen molar-refractivity contribution in [3.8, 4) is 11.5 Å². The fourth-order valence-electron chi connectivity index (χ4n) is 7.90. The van der Waals surface area contributed by atoms with Gasteiger partial charge in [-0.3, -0.25) is 25.0 Å². The monoisotopic (exact) mass is 734 g/mol. The van der Waals surface area contributed by atoms with Crippen LogP contribution in [0.1, 0.15) is 65.0 Å². The second-order valence-corrected chi connectivity index (χ2v) is 13.8. The Morgan fingerprint density at radius 2 is 1.40 bits per heavy atom. The minimum Gasteiger partial charge on any atom is -0.490 e. The summed E-state index contributed by atoms with van der Waals surface area (Å²) in [4.78, 5) is 55.4. The molecule has 11 nitrogen and oxygen atoms in total. The highest BCUT2D eigenvalue weighted by atomic mass is 16.6. The summed E-state index contributed by atoms with van der Waals surface area (Å²) in [5.41, 5.74) is 7.00. The van der Waals surface area contributed by atoms with Gasteiger partial charge in [0, 0.05) is 42.7 Å². The molecular weight excluding hydrogens is 697 g/mol. The Morgan fingerprint density at radius 1 is 0.782 bits per heavy atom. The maximum atomic E-state index is 14.4. The van der Waals surface area contributed by atoms with Gasteiger partial charge in [0.1, 0.15) is 12.2 Å². The number of hydrogen-bond acceptors (Lipinski definition) is 8. The number of carbonyl (C=O) groups excluding carboxylic acids is 3. The van der Waals surface area contributed by atoms with Crippen LogP contribution in [0.15, 0.2) is 121 Å². The van der Waals surface area contributed by atoms with Crippen molar-refractivity contribution in [2.45, 2.75) is 38.2 Å². The number of rotatable bonds is 10. The Morgan fingerprint density at radius 3 is 1.98 bits per heavy atom. The third-order valence-electron chi connectivity index (χ3n) is 10.5. The van der Waals surface area contributed by atoms with Crippen LogP contribution in [-0.2, 0) is 16.2 Å². The molecule has 0 saturated carbocycles. The van der Waals surface area contributed by atoms with Crippen molar-refractivity contribution in [2.24, 2.45) is 0 Å². The lowest BCUT2D eigenvalue weighted by Gasteiger charge is -2.44. The molecule has 2 atom stereocenters. The van der Waals surface area contributed by atoms with E-state index in [1.54, 1.807) is 30.3 Å². The molecule has 5 aromatic carbocycles. The molecule has 3 heterocycles. The molecule has 1 saturated heterocycles. The molecular formula is C44H38N4O7. The number of non-ortho nitro benzene ring substituents is 1. The summed E-state index contributed by atoms with van der Waals surface area (Å²) in [6, 6.07) is 34.8. The van der Waals surface area contributed by atoms with Gasteiger partial charge >= 0.3 is 6.03 Å². The molecule has 0 radical (unpaired) electrons. The summed E-state index contributed by atoms with van der Waals surface area (Å²) in [5, 5.41) is 13.4. The summed E-state index contributed by atoms with van der Waals surface area (Å²) in [7, 11) is 0. The first-order valence-electron chi connectivity index (χ1n) is 18.4. The molecule has 11 heteroatoms. The Balaban J connectivity index is 1.15. The van der Waals surface area contributed by atoms with E-state index < -0.39 is 22.8 Å². The number of barbiturate groups is 1. The van der Waals surface area contributed by atoms with E-state index in [9.17, 15) is 24.5 Å². The summed E-state index contributed by atoms with van der Waals surface area (Å²) in [6.07, 6.45) is 3.22. The van der Waals surface area contributed by atoms with Crippen LogP contribution in [-0.4, -0.2) is 42.5 Å². The molecule has 4 amide bonds. The molecule has 1 N–H and O–H groups in total. The zero-order valence-corrected chi connectivity index (χ0v) is 30.1. The van der Waals surface area contributed by atoms with Crippen molar-refractivity contribution in [3.63, 3.8) is 0 Å². The van der Waals surface area contributed by atoms with Gasteiger partial charge in [0.25, 0.3) is 17.5 Å². The molecule has 3 aliphatic heterocycles. The second-order valence-electron chi connectivity index (χ2n) is 13.8. The topological polar surface area (TPSA) is 131 Å². The number of urea groups is 1. The Labute approximate surface area is 317 Å². The highest BCUT2D eigenvalue weighted by molar-refractivity contribution is 6.39. The highest BCUT2D eigenvalue weighted by Crippen LogP contribution is 2.50. The van der Waals surface area contributed by atoms with Crippen molar-refractivity contribution < 1.29 is 28.8 Å². The third kappa shape index (κ3) is 6.92. The van der Waals surface area contributed by atoms with Gasteiger partial charge in [-0.15, -0.1) is 0 Å². The van der Waals surface area contributed by atoms with Crippen LogP contribution in [0, 0.1) is 10.1 Å². The maximum absolute atomic E-state index is 14.4. The molecule has 0 unspecified atom stereocenters. The molecule has 55 heavy (non-hydrogen) atoms. The molecule has 5 aromatic rings. The van der Waals surface area contributed by atoms with Crippen LogP contribution in [0.25, 0.3) is 6.08 Å². The average molecular weight is 735 g/mol. The smallest absolute Gasteiger partial charge is 0.335 e. The van der Waals surface area contributed by atoms with E-state index in [-0.39, 0.29) is 29.7 Å². The van der Waals surface area contributed by atoms with Gasteiger partial charge in [-0.25, -0.2) is 9.69 Å². The van der Waals surface area contributed by atoms with E-state index in [4.69, 9.17) is 9.47 Å². The van der Waals surface area contributed by atoms with Crippen LogP contribution in [0.4, 0.5) is 21.9 Å². The summed E-state index contributed by atoms with van der Waals surface area (Å²) in [6.45, 7) is 4.07. The normalized spacial score (nSPS) is 18.5. The van der Waals surface area contributed by atoms with Gasteiger partial charge in [-0.05, 0) is 95.6 Å². The van der Waals surface area contributed by atoms with Gasteiger partial charge in [0.2, 0.25) is 0 Å². The average Bonchev–Trinajstić information content (AvgIpc) is 3.20. The van der Waals surface area contributed by atoms with E-state index in [0.29, 0.717) is 29.4 Å². The minimum absolute atomic E-state index is 0.0154. The number of nitrogens with one attached hydrogen (secondary N) is 1. The fourth-order valence-corrected chi connectivity index (χ4v) is 7.90. The number of hydrogen-bond donors (Lipinski definition) is 1. The Kier molecular flexibility index (Phi) is 9.59. The van der Waals surface area contributed by atoms with Gasteiger partial charge < -0.3 is 14.4 Å². The van der Waals surface area contributed by atoms with Crippen LogP contribution < -0.4 is 24.6 Å². The second kappa shape index (κ2) is 14.9. The molecule has 8 rings (SSSR count). The van der Waals surface area contributed by atoms with Gasteiger partial charge in [-0.1, -0.05) is 66.7 Å². The predicted octanol–water partition coefficient (Wildman–Crippen LogP) is 8.12. The van der Waals surface area contributed by atoms with E-state index in [2.05, 4.69) is 34.5 Å². The maximum Gasteiger partial charge on any atom is 0.335 e. The number of anilines is 2. The Hall–Kier alpha value is -6.75. The van der Waals surface area contributed by atoms with Crippen molar-refractivity contribution in [1.29, 1.82) is 0 Å². The van der Waals surface area contributed by atoms with E-state index >= 15 is 0 Å². The fraction of sp³-hybridized carbons (Fsp3) is 0.205. The van der Waals surface area contributed by atoms with Crippen LogP contribution in [0.2, 0.25) is 0 Å². The van der Waals surface area contributed by atoms with Crippen LogP contribution in [0.5, 0.6) is 11.5 Å². The largest absolute Gasteiger partial charge is 0.490 e. The van der Waals surface area contributed by atoms with Gasteiger partial charge in [0.05, 0.1) is 17.2 Å². The molecule has 0 spiro atoms. The molecule has 0 bridgehead atoms. The van der Waals surface area contributed by atoms with Crippen LogP contribution >= 0.6 is 0 Å². The number of nitro groups is 1. The van der Waals surface area contributed by atoms with Crippen molar-refractivity contribution in [3.05, 3.63) is 164 Å². The lowest BCUT2D eigenvalue weighted by atomic mass is 9.76. The highest BCUT2D eigenvalue weighted by Gasteiger charge is 2.40. The van der Waals surface area contributed by atoms with Crippen molar-refractivity contribution >= 4 is 41.0 Å². The van der Waals surface area contributed by atoms with Gasteiger partial charge in [-0.2, -0.15) is 0 Å². The predicted molar refractivity (Wildman–Crippen MR) is 209 cm³/mol. The third-order valence-corrected chi connectivity index (χ3v) is 10.5. The SMILES string of the molecule is CCOc1cc(/C=C2\C(=O)NC(=O)N(c3cc4c5c(c3)[C@H](c3ccccc3)CCN5CC[C@H]4c3ccccc3)C2=O)ccc1OCc1ccc([N+](=O)[O-])cc1. The van der Waals surface area contributed by atoms with Crippen LogP contribution in [0.3, 0.4) is 0 Å². The van der Waals surface area contributed by atoms with Crippen molar-refractivity contribution in [1.82, 2.24) is 5.32 Å². The molecule has 3 aliphatic rings. The first-order valence-corrected chi connectivity index (χ1v) is 18.4.